The van der Waals surface area contributed by atoms with Crippen molar-refractivity contribution >= 4 is 23.5 Å². The Morgan fingerprint density at radius 1 is 1.61 bits per heavy atom. The third-order valence-corrected chi connectivity index (χ3v) is 4.24. The molecule has 0 aromatic carbocycles. The summed E-state index contributed by atoms with van der Waals surface area (Å²) in [5, 5.41) is 20.3. The average Bonchev–Trinajstić information content (AvgIpc) is 2.54. The summed E-state index contributed by atoms with van der Waals surface area (Å²) >= 11 is 5.89. The van der Waals surface area contributed by atoms with Crippen LogP contribution in [0.3, 0.4) is 0 Å². The van der Waals surface area contributed by atoms with Gasteiger partial charge in [0, 0.05) is 36.5 Å². The molecule has 6 nitrogen and oxygen atoms in total. The zero-order valence-corrected chi connectivity index (χ0v) is 10.6. The average molecular weight is 269 g/mol. The number of hydrogen-bond donors (Lipinski definition) is 2. The monoisotopic (exact) mass is 268 g/mol. The van der Waals surface area contributed by atoms with E-state index in [2.05, 4.69) is 22.4 Å². The van der Waals surface area contributed by atoms with E-state index in [0.29, 0.717) is 24.2 Å². The Morgan fingerprint density at radius 3 is 3.00 bits per heavy atom. The van der Waals surface area contributed by atoms with Crippen LogP contribution in [0.2, 0.25) is 5.15 Å². The summed E-state index contributed by atoms with van der Waals surface area (Å²) in [7, 11) is 0. The maximum absolute atomic E-state index is 10.8. The van der Waals surface area contributed by atoms with Gasteiger partial charge < -0.3 is 15.3 Å². The van der Waals surface area contributed by atoms with Crippen LogP contribution < -0.4 is 5.32 Å². The van der Waals surface area contributed by atoms with Crippen LogP contribution in [0.1, 0.15) is 12.5 Å². The number of likely N-dealkylation sites (tertiary alicyclic amines) is 1. The van der Waals surface area contributed by atoms with E-state index < -0.39 is 6.09 Å². The number of nitrogens with one attached hydrogen (secondary N) is 1. The number of amides is 1. The van der Waals surface area contributed by atoms with E-state index in [0.717, 1.165) is 17.9 Å². The van der Waals surface area contributed by atoms with Gasteiger partial charge in [-0.3, -0.25) is 0 Å². The summed E-state index contributed by atoms with van der Waals surface area (Å²) in [6.07, 6.45) is -0.855. The zero-order chi connectivity index (χ0) is 12.9. The van der Waals surface area contributed by atoms with Gasteiger partial charge in [0.05, 0.1) is 0 Å². The molecule has 1 fully saturated rings. The van der Waals surface area contributed by atoms with Crippen molar-refractivity contribution < 1.29 is 9.90 Å². The van der Waals surface area contributed by atoms with Crippen LogP contribution in [0.15, 0.2) is 6.07 Å². The van der Waals surface area contributed by atoms with Crippen molar-refractivity contribution in [1.82, 2.24) is 15.1 Å². The second-order valence-electron chi connectivity index (χ2n) is 5.08. The highest BCUT2D eigenvalue weighted by atomic mass is 35.5. The first-order chi connectivity index (χ1) is 8.50. The highest BCUT2D eigenvalue weighted by Gasteiger charge is 2.48. The molecule has 2 aliphatic heterocycles. The molecule has 1 amide bonds. The molecule has 1 aromatic rings. The molecular weight excluding hydrogens is 256 g/mol. The summed E-state index contributed by atoms with van der Waals surface area (Å²) in [5.74, 6) is 1.05. The van der Waals surface area contributed by atoms with Gasteiger partial charge in [0.1, 0.15) is 0 Å². The predicted octanol–water partition coefficient (Wildman–Crippen LogP) is 1.42. The summed E-state index contributed by atoms with van der Waals surface area (Å²) in [6.45, 7) is 3.99. The first kappa shape index (κ1) is 11.5. The fourth-order valence-electron chi connectivity index (χ4n) is 2.70. The zero-order valence-electron chi connectivity index (χ0n) is 9.85. The van der Waals surface area contributed by atoms with Crippen molar-refractivity contribution in [2.75, 3.05) is 25.0 Å². The summed E-state index contributed by atoms with van der Waals surface area (Å²) in [5.41, 5.74) is 0.915. The van der Waals surface area contributed by atoms with Crippen LogP contribution in [0.25, 0.3) is 0 Å². The lowest BCUT2D eigenvalue weighted by Gasteiger charge is -2.46. The molecule has 3 rings (SSSR count). The lowest BCUT2D eigenvalue weighted by molar-refractivity contribution is 0.0509. The number of rotatable bonds is 1. The topological polar surface area (TPSA) is 78.4 Å². The number of hydrogen-bond acceptors (Lipinski definition) is 4. The highest BCUT2D eigenvalue weighted by molar-refractivity contribution is 6.29. The Kier molecular flexibility index (Phi) is 2.38. The fourth-order valence-corrected chi connectivity index (χ4v) is 2.85. The van der Waals surface area contributed by atoms with E-state index >= 15 is 0 Å². The molecular formula is C11H13ClN4O2. The lowest BCUT2D eigenvalue weighted by Crippen LogP contribution is -2.57. The molecule has 2 aliphatic rings. The molecule has 0 spiro atoms. The van der Waals surface area contributed by atoms with Crippen LogP contribution in [-0.4, -0.2) is 45.9 Å². The lowest BCUT2D eigenvalue weighted by atomic mass is 9.70. The summed E-state index contributed by atoms with van der Waals surface area (Å²) < 4.78 is 0. The molecule has 0 radical (unpaired) electrons. The first-order valence-electron chi connectivity index (χ1n) is 5.76. The number of halogens is 1. The van der Waals surface area contributed by atoms with Gasteiger partial charge in [0.25, 0.3) is 0 Å². The van der Waals surface area contributed by atoms with Gasteiger partial charge in [-0.05, 0) is 6.07 Å². The SMILES string of the molecule is CC1(C2CN(C(=O)O)C2)CNc2nnc(Cl)cc21. The van der Waals surface area contributed by atoms with Gasteiger partial charge in [-0.25, -0.2) is 4.79 Å². The van der Waals surface area contributed by atoms with Crippen LogP contribution >= 0.6 is 11.6 Å². The van der Waals surface area contributed by atoms with Gasteiger partial charge in [0.2, 0.25) is 0 Å². The van der Waals surface area contributed by atoms with E-state index in [9.17, 15) is 4.79 Å². The minimum absolute atomic E-state index is 0.124. The molecule has 0 aliphatic carbocycles. The maximum Gasteiger partial charge on any atom is 0.407 e. The van der Waals surface area contributed by atoms with Crippen molar-refractivity contribution in [2.45, 2.75) is 12.3 Å². The summed E-state index contributed by atoms with van der Waals surface area (Å²) in [6, 6.07) is 1.83. The van der Waals surface area contributed by atoms with Crippen LogP contribution in [-0.2, 0) is 5.41 Å². The van der Waals surface area contributed by atoms with Gasteiger partial charge in [-0.1, -0.05) is 18.5 Å². The quantitative estimate of drug-likeness (QED) is 0.805. The molecule has 1 atom stereocenters. The molecule has 96 valence electrons. The van der Waals surface area contributed by atoms with Crippen molar-refractivity contribution in [2.24, 2.45) is 5.92 Å². The Morgan fingerprint density at radius 2 is 2.33 bits per heavy atom. The normalized spacial score (nSPS) is 26.4. The molecule has 0 saturated carbocycles. The largest absolute Gasteiger partial charge is 0.465 e. The molecule has 2 N–H and O–H groups in total. The molecule has 1 aromatic heterocycles. The standard InChI is InChI=1S/C11H13ClN4O2/c1-11(6-3-16(4-6)10(17)18)5-13-9-7(11)2-8(12)14-15-9/h2,6H,3-5H2,1H3,(H,13,15)(H,17,18). The van der Waals surface area contributed by atoms with E-state index in [1.54, 1.807) is 0 Å². The van der Waals surface area contributed by atoms with Gasteiger partial charge >= 0.3 is 6.09 Å². The number of aromatic nitrogens is 2. The van der Waals surface area contributed by atoms with Crippen LogP contribution in [0.5, 0.6) is 0 Å². The first-order valence-corrected chi connectivity index (χ1v) is 6.14. The van der Waals surface area contributed by atoms with Crippen molar-refractivity contribution in [1.29, 1.82) is 0 Å². The Bertz CT molecular complexity index is 518. The number of anilines is 1. The molecule has 18 heavy (non-hydrogen) atoms. The van der Waals surface area contributed by atoms with Crippen LogP contribution in [0.4, 0.5) is 10.6 Å². The third-order valence-electron chi connectivity index (χ3n) is 4.06. The predicted molar refractivity (Wildman–Crippen MR) is 66.0 cm³/mol. The summed E-state index contributed by atoms with van der Waals surface area (Å²) in [4.78, 5) is 12.2. The highest BCUT2D eigenvalue weighted by Crippen LogP contribution is 2.44. The number of fused-ring (bicyclic) bond motifs is 1. The minimum Gasteiger partial charge on any atom is -0.465 e. The molecule has 1 saturated heterocycles. The Hall–Kier alpha value is -1.56. The van der Waals surface area contributed by atoms with Gasteiger partial charge in [-0.2, -0.15) is 0 Å². The van der Waals surface area contributed by atoms with E-state index in [-0.39, 0.29) is 5.41 Å². The number of carbonyl (C=O) groups is 1. The van der Waals surface area contributed by atoms with Crippen molar-refractivity contribution in [3.8, 4) is 0 Å². The van der Waals surface area contributed by atoms with E-state index in [1.807, 2.05) is 6.07 Å². The van der Waals surface area contributed by atoms with Crippen LogP contribution in [0, 0.1) is 5.92 Å². The number of carboxylic acid groups (broad SMARTS) is 1. The maximum atomic E-state index is 10.8. The molecule has 7 heteroatoms. The van der Waals surface area contributed by atoms with Gasteiger partial charge in [-0.15, -0.1) is 10.2 Å². The minimum atomic E-state index is -0.855. The molecule has 0 bridgehead atoms. The smallest absolute Gasteiger partial charge is 0.407 e. The van der Waals surface area contributed by atoms with Crippen molar-refractivity contribution in [3.05, 3.63) is 16.8 Å². The van der Waals surface area contributed by atoms with Crippen molar-refractivity contribution in [3.63, 3.8) is 0 Å². The molecule has 3 heterocycles. The molecule has 1 unspecified atom stereocenters. The van der Waals surface area contributed by atoms with E-state index in [4.69, 9.17) is 16.7 Å². The second kappa shape index (κ2) is 3.71. The number of nitrogens with zero attached hydrogens (tertiary/aromatic N) is 3. The second-order valence-corrected chi connectivity index (χ2v) is 5.47. The van der Waals surface area contributed by atoms with E-state index in [1.165, 1.54) is 4.90 Å². The Labute approximate surface area is 109 Å². The Balaban J connectivity index is 1.86. The third kappa shape index (κ3) is 1.52. The van der Waals surface area contributed by atoms with Gasteiger partial charge in [0.15, 0.2) is 11.0 Å². The fraction of sp³-hybridized carbons (Fsp3) is 0.545.